The minimum atomic E-state index is -0.474. The van der Waals surface area contributed by atoms with Gasteiger partial charge >= 0.3 is 5.69 Å². The Morgan fingerprint density at radius 1 is 1.61 bits per heavy atom. The van der Waals surface area contributed by atoms with Gasteiger partial charge in [0.25, 0.3) is 0 Å². The molecule has 0 radical (unpaired) electrons. The fraction of sp³-hybridized carbons (Fsp3) is 0.545. The van der Waals surface area contributed by atoms with Crippen molar-refractivity contribution in [2.45, 2.75) is 19.9 Å². The third-order valence-electron chi connectivity index (χ3n) is 2.67. The lowest BCUT2D eigenvalue weighted by Crippen LogP contribution is -2.33. The average molecular weight is 254 g/mol. The van der Waals surface area contributed by atoms with Crippen LogP contribution in [0.15, 0.2) is 12.1 Å². The lowest BCUT2D eigenvalue weighted by atomic mass is 10.3. The Hall–Kier alpha value is -1.89. The Kier molecular flexibility index (Phi) is 4.85. The van der Waals surface area contributed by atoms with Gasteiger partial charge in [-0.2, -0.15) is 0 Å². The van der Waals surface area contributed by atoms with Crippen molar-refractivity contribution in [3.63, 3.8) is 0 Å². The summed E-state index contributed by atoms with van der Waals surface area (Å²) >= 11 is 0. The molecule has 0 aromatic carbocycles. The van der Waals surface area contributed by atoms with E-state index in [-0.39, 0.29) is 24.2 Å². The Labute approximate surface area is 106 Å². The quantitative estimate of drug-likeness (QED) is 0.586. The summed E-state index contributed by atoms with van der Waals surface area (Å²) in [7, 11) is 1.67. The van der Waals surface area contributed by atoms with Gasteiger partial charge in [0.05, 0.1) is 17.6 Å². The fourth-order valence-electron chi connectivity index (χ4n) is 1.45. The number of nitrogens with zero attached hydrogens (tertiary/aromatic N) is 3. The van der Waals surface area contributed by atoms with E-state index in [2.05, 4.69) is 10.3 Å². The molecular weight excluding hydrogens is 236 g/mol. The van der Waals surface area contributed by atoms with Crippen LogP contribution in [0.1, 0.15) is 13.8 Å². The van der Waals surface area contributed by atoms with Gasteiger partial charge in [0.15, 0.2) is 0 Å². The average Bonchev–Trinajstić information content (AvgIpc) is 2.37. The second-order valence-electron chi connectivity index (χ2n) is 3.97. The van der Waals surface area contributed by atoms with Crippen LogP contribution >= 0.6 is 0 Å². The van der Waals surface area contributed by atoms with Crippen LogP contribution < -0.4 is 10.2 Å². The van der Waals surface area contributed by atoms with Gasteiger partial charge in [0, 0.05) is 19.7 Å². The van der Waals surface area contributed by atoms with Gasteiger partial charge in [-0.15, -0.1) is 0 Å². The predicted octanol–water partition coefficient (Wildman–Crippen LogP) is 1.24. The van der Waals surface area contributed by atoms with Crippen LogP contribution in [-0.2, 0) is 0 Å². The Morgan fingerprint density at radius 3 is 2.78 bits per heavy atom. The summed E-state index contributed by atoms with van der Waals surface area (Å²) < 4.78 is 0. The summed E-state index contributed by atoms with van der Waals surface area (Å²) in [5, 5.41) is 23.1. The third kappa shape index (κ3) is 3.07. The molecule has 0 aliphatic carbocycles. The molecule has 0 amide bonds. The Morgan fingerprint density at radius 2 is 2.28 bits per heavy atom. The zero-order chi connectivity index (χ0) is 13.7. The molecule has 1 unspecified atom stereocenters. The first kappa shape index (κ1) is 14.2. The molecule has 0 saturated heterocycles. The maximum absolute atomic E-state index is 11.0. The highest BCUT2D eigenvalue weighted by atomic mass is 16.6. The molecule has 0 spiro atoms. The van der Waals surface area contributed by atoms with E-state index in [1.807, 2.05) is 6.92 Å². The first-order valence-electron chi connectivity index (χ1n) is 5.74. The highest BCUT2D eigenvalue weighted by Gasteiger charge is 2.22. The van der Waals surface area contributed by atoms with Crippen LogP contribution in [-0.4, -0.2) is 41.3 Å². The second kappa shape index (κ2) is 6.15. The number of aromatic nitrogens is 1. The summed E-state index contributed by atoms with van der Waals surface area (Å²) in [6.07, 6.45) is 0. The van der Waals surface area contributed by atoms with E-state index in [1.165, 1.54) is 6.07 Å². The van der Waals surface area contributed by atoms with Gasteiger partial charge in [-0.25, -0.2) is 4.98 Å². The maximum atomic E-state index is 11.0. The molecule has 1 aromatic heterocycles. The second-order valence-corrected chi connectivity index (χ2v) is 3.97. The monoisotopic (exact) mass is 254 g/mol. The number of rotatable bonds is 6. The number of pyridine rings is 1. The molecule has 0 aliphatic heterocycles. The zero-order valence-electron chi connectivity index (χ0n) is 10.8. The molecule has 0 bridgehead atoms. The van der Waals surface area contributed by atoms with Gasteiger partial charge in [0.1, 0.15) is 5.82 Å². The molecule has 1 rings (SSSR count). The van der Waals surface area contributed by atoms with Crippen LogP contribution in [0.3, 0.4) is 0 Å². The van der Waals surface area contributed by atoms with Crippen molar-refractivity contribution in [1.29, 1.82) is 0 Å². The van der Waals surface area contributed by atoms with Gasteiger partial charge in [-0.05, 0) is 19.9 Å². The lowest BCUT2D eigenvalue weighted by Gasteiger charge is -2.24. The smallest absolute Gasteiger partial charge is 0.311 e. The number of nitrogens with one attached hydrogen (secondary N) is 1. The summed E-state index contributed by atoms with van der Waals surface area (Å²) in [6, 6.07) is 2.75. The van der Waals surface area contributed by atoms with E-state index in [1.54, 1.807) is 24.9 Å². The third-order valence-corrected chi connectivity index (χ3v) is 2.67. The largest absolute Gasteiger partial charge is 0.394 e. The summed E-state index contributed by atoms with van der Waals surface area (Å²) in [5.74, 6) is 0.829. The van der Waals surface area contributed by atoms with Crippen LogP contribution in [0.5, 0.6) is 0 Å². The first-order chi connectivity index (χ1) is 8.51. The molecule has 7 nitrogen and oxygen atoms in total. The number of nitro groups is 1. The van der Waals surface area contributed by atoms with E-state index in [9.17, 15) is 10.1 Å². The number of hydrogen-bond donors (Lipinski definition) is 2. The number of likely N-dealkylation sites (N-methyl/N-ethyl adjacent to an activating group) is 1. The van der Waals surface area contributed by atoms with Crippen molar-refractivity contribution in [3.8, 4) is 0 Å². The molecule has 7 heteroatoms. The molecule has 1 heterocycles. The van der Waals surface area contributed by atoms with Crippen molar-refractivity contribution in [1.82, 2.24) is 4.98 Å². The van der Waals surface area contributed by atoms with E-state index >= 15 is 0 Å². The number of anilines is 2. The van der Waals surface area contributed by atoms with Crippen LogP contribution in [0.25, 0.3) is 0 Å². The molecule has 0 saturated carbocycles. The van der Waals surface area contributed by atoms with Crippen LogP contribution in [0.4, 0.5) is 17.3 Å². The van der Waals surface area contributed by atoms with Crippen LogP contribution in [0.2, 0.25) is 0 Å². The van der Waals surface area contributed by atoms with E-state index in [4.69, 9.17) is 5.11 Å². The molecule has 1 atom stereocenters. The fourth-order valence-corrected chi connectivity index (χ4v) is 1.45. The Balaban J connectivity index is 3.18. The van der Waals surface area contributed by atoms with Crippen LogP contribution in [0, 0.1) is 10.1 Å². The molecule has 2 N–H and O–H groups in total. The zero-order valence-corrected chi connectivity index (χ0v) is 10.8. The molecular formula is C11H18N4O3. The summed E-state index contributed by atoms with van der Waals surface area (Å²) in [5.41, 5.74) is -0.0700. The molecule has 1 aromatic rings. The topological polar surface area (TPSA) is 91.5 Å². The summed E-state index contributed by atoms with van der Waals surface area (Å²) in [4.78, 5) is 16.3. The molecule has 0 fully saturated rings. The standard InChI is InChI=1S/C11H18N4O3/c1-4-12-10-6-5-9(15(17)18)11(13-10)14(3)8(2)7-16/h5-6,8,16H,4,7H2,1-3H3,(H,12,13). The summed E-state index contributed by atoms with van der Waals surface area (Å²) in [6.45, 7) is 4.28. The van der Waals surface area contributed by atoms with E-state index in [0.717, 1.165) is 0 Å². The predicted molar refractivity (Wildman–Crippen MR) is 70.0 cm³/mol. The number of aliphatic hydroxyl groups is 1. The minimum absolute atomic E-state index is 0.0700. The van der Waals surface area contributed by atoms with Crippen molar-refractivity contribution < 1.29 is 10.0 Å². The van der Waals surface area contributed by atoms with Crippen molar-refractivity contribution in [3.05, 3.63) is 22.2 Å². The van der Waals surface area contributed by atoms with Crippen molar-refractivity contribution in [2.75, 3.05) is 30.4 Å². The minimum Gasteiger partial charge on any atom is -0.394 e. The van der Waals surface area contributed by atoms with Gasteiger partial charge in [0.2, 0.25) is 5.82 Å². The first-order valence-corrected chi connectivity index (χ1v) is 5.74. The molecule has 0 aliphatic rings. The molecule has 18 heavy (non-hydrogen) atoms. The Bertz CT molecular complexity index is 425. The van der Waals surface area contributed by atoms with Gasteiger partial charge < -0.3 is 15.3 Å². The van der Waals surface area contributed by atoms with Crippen molar-refractivity contribution >= 4 is 17.3 Å². The SMILES string of the molecule is CCNc1ccc([N+](=O)[O-])c(N(C)C(C)CO)n1. The lowest BCUT2D eigenvalue weighted by molar-refractivity contribution is -0.384. The van der Waals surface area contributed by atoms with E-state index < -0.39 is 4.92 Å². The highest BCUT2D eigenvalue weighted by Crippen LogP contribution is 2.27. The number of aliphatic hydroxyl groups excluding tert-OH is 1. The maximum Gasteiger partial charge on any atom is 0.311 e. The highest BCUT2D eigenvalue weighted by molar-refractivity contribution is 5.61. The molecule has 100 valence electrons. The van der Waals surface area contributed by atoms with E-state index in [0.29, 0.717) is 12.4 Å². The number of hydrogen-bond acceptors (Lipinski definition) is 6. The normalized spacial score (nSPS) is 12.0. The van der Waals surface area contributed by atoms with Gasteiger partial charge in [-0.1, -0.05) is 0 Å². The van der Waals surface area contributed by atoms with Gasteiger partial charge in [-0.3, -0.25) is 10.1 Å². The van der Waals surface area contributed by atoms with Crippen molar-refractivity contribution in [2.24, 2.45) is 0 Å².